The van der Waals surface area contributed by atoms with Crippen LogP contribution in [0.1, 0.15) is 48.3 Å². The molecule has 0 saturated carbocycles. The Morgan fingerprint density at radius 1 is 1.00 bits per heavy atom. The molecular weight excluding hydrogens is 402 g/mol. The highest BCUT2D eigenvalue weighted by Crippen LogP contribution is 2.41. The molecule has 1 fully saturated rings. The van der Waals surface area contributed by atoms with E-state index in [1.807, 2.05) is 31.2 Å². The number of hydrogen-bond donors (Lipinski definition) is 0. The quantitative estimate of drug-likeness (QED) is 0.319. The van der Waals surface area contributed by atoms with Crippen LogP contribution in [0.25, 0.3) is 0 Å². The maximum atomic E-state index is 13.2. The number of carbonyl (C=O) groups is 2. The summed E-state index contributed by atoms with van der Waals surface area (Å²) in [5.41, 5.74) is 2.44. The van der Waals surface area contributed by atoms with E-state index in [1.54, 1.807) is 24.3 Å². The number of amides is 2. The number of hydrogen-bond acceptors (Lipinski definition) is 3. The fraction of sp³-hybridized carbons (Fsp3) is 0.391. The zero-order valence-electron chi connectivity index (χ0n) is 17.4. The van der Waals surface area contributed by atoms with Gasteiger partial charge in [-0.15, -0.1) is 0 Å². The SMILES string of the molecule is CC[Si](CC)(CC)OC1C(=O)N(C(=O)c2ccc(C)cc2)C1c1ccc(Cl)cc1. The van der Waals surface area contributed by atoms with Crippen molar-refractivity contribution in [3.63, 3.8) is 0 Å². The molecule has 0 bridgehead atoms. The summed E-state index contributed by atoms with van der Waals surface area (Å²) in [5, 5.41) is 0.618. The Morgan fingerprint density at radius 3 is 2.07 bits per heavy atom. The van der Waals surface area contributed by atoms with Crippen molar-refractivity contribution in [3.05, 3.63) is 70.2 Å². The molecule has 154 valence electrons. The summed E-state index contributed by atoms with van der Waals surface area (Å²) in [5.74, 6) is -0.533. The van der Waals surface area contributed by atoms with E-state index in [0.29, 0.717) is 10.6 Å². The molecule has 0 radical (unpaired) electrons. The van der Waals surface area contributed by atoms with E-state index in [9.17, 15) is 9.59 Å². The number of nitrogens with zero attached hydrogens (tertiary/aromatic N) is 1. The van der Waals surface area contributed by atoms with Gasteiger partial charge >= 0.3 is 0 Å². The number of rotatable bonds is 7. The highest BCUT2D eigenvalue weighted by atomic mass is 35.5. The maximum absolute atomic E-state index is 13.2. The van der Waals surface area contributed by atoms with E-state index in [2.05, 4.69) is 20.8 Å². The molecule has 1 heterocycles. The zero-order valence-corrected chi connectivity index (χ0v) is 19.2. The summed E-state index contributed by atoms with van der Waals surface area (Å²) >= 11 is 6.05. The molecular formula is C23H28ClNO3Si. The minimum Gasteiger partial charge on any atom is -0.403 e. The number of benzene rings is 2. The number of imide groups is 1. The van der Waals surface area contributed by atoms with Crippen molar-refractivity contribution < 1.29 is 14.0 Å². The van der Waals surface area contributed by atoms with Gasteiger partial charge < -0.3 is 4.43 Å². The second kappa shape index (κ2) is 8.82. The van der Waals surface area contributed by atoms with Crippen LogP contribution < -0.4 is 0 Å². The number of aryl methyl sites for hydroxylation is 1. The van der Waals surface area contributed by atoms with Gasteiger partial charge in [0.15, 0.2) is 14.4 Å². The Hall–Kier alpha value is -1.95. The van der Waals surface area contributed by atoms with Crippen LogP contribution in [-0.4, -0.2) is 31.1 Å². The van der Waals surface area contributed by atoms with Crippen molar-refractivity contribution in [3.8, 4) is 0 Å². The van der Waals surface area contributed by atoms with Gasteiger partial charge in [-0.2, -0.15) is 0 Å². The first-order valence-electron chi connectivity index (χ1n) is 10.2. The first-order chi connectivity index (χ1) is 13.9. The molecule has 2 amide bonds. The number of likely N-dealkylation sites (tertiary alicyclic amines) is 1. The number of carbonyl (C=O) groups excluding carboxylic acids is 2. The molecule has 4 nitrogen and oxygen atoms in total. The molecule has 2 aromatic rings. The highest BCUT2D eigenvalue weighted by Gasteiger charge is 2.54. The molecule has 1 saturated heterocycles. The van der Waals surface area contributed by atoms with E-state index in [0.717, 1.165) is 29.3 Å². The normalized spacial score (nSPS) is 19.2. The standard InChI is InChI=1S/C23H28ClNO3Si/c1-5-29(6-2,7-3)28-21-20(17-12-14-19(24)15-13-17)25(23(21)27)22(26)18-10-8-16(4)9-11-18/h8-15,20-21H,5-7H2,1-4H3. The smallest absolute Gasteiger partial charge is 0.261 e. The largest absolute Gasteiger partial charge is 0.403 e. The van der Waals surface area contributed by atoms with Gasteiger partial charge in [0.2, 0.25) is 0 Å². The second-order valence-corrected chi connectivity index (χ2v) is 12.8. The molecule has 0 N–H and O–H groups in total. The average molecular weight is 430 g/mol. The van der Waals surface area contributed by atoms with Crippen molar-refractivity contribution in [2.45, 2.75) is 58.0 Å². The Kier molecular flexibility index (Phi) is 6.61. The van der Waals surface area contributed by atoms with Crippen LogP contribution in [0.3, 0.4) is 0 Å². The van der Waals surface area contributed by atoms with Crippen molar-refractivity contribution in [2.75, 3.05) is 0 Å². The lowest BCUT2D eigenvalue weighted by Gasteiger charge is -2.48. The van der Waals surface area contributed by atoms with Gasteiger partial charge in [0.25, 0.3) is 11.8 Å². The molecule has 0 aliphatic carbocycles. The summed E-state index contributed by atoms with van der Waals surface area (Å²) in [4.78, 5) is 27.6. The minimum absolute atomic E-state index is 0.247. The first kappa shape index (κ1) is 21.7. The van der Waals surface area contributed by atoms with Gasteiger partial charge in [-0.05, 0) is 54.9 Å². The van der Waals surface area contributed by atoms with E-state index < -0.39 is 20.5 Å². The van der Waals surface area contributed by atoms with Crippen molar-refractivity contribution in [2.24, 2.45) is 0 Å². The molecule has 3 rings (SSSR count). The third kappa shape index (κ3) is 4.18. The van der Waals surface area contributed by atoms with Crippen LogP contribution in [0.15, 0.2) is 48.5 Å². The van der Waals surface area contributed by atoms with Gasteiger partial charge in [-0.1, -0.05) is 62.2 Å². The van der Waals surface area contributed by atoms with E-state index >= 15 is 0 Å². The van der Waals surface area contributed by atoms with E-state index in [4.69, 9.17) is 16.0 Å². The summed E-state index contributed by atoms with van der Waals surface area (Å²) in [6, 6.07) is 17.0. The fourth-order valence-corrected chi connectivity index (χ4v) is 6.79. The zero-order chi connectivity index (χ0) is 21.2. The molecule has 0 spiro atoms. The Morgan fingerprint density at radius 2 is 1.55 bits per heavy atom. The van der Waals surface area contributed by atoms with Gasteiger partial charge in [-0.25, -0.2) is 0 Å². The first-order valence-corrected chi connectivity index (χ1v) is 13.1. The minimum atomic E-state index is -2.01. The number of halogens is 1. The molecule has 1 aliphatic heterocycles. The van der Waals surface area contributed by atoms with Crippen LogP contribution >= 0.6 is 11.6 Å². The third-order valence-corrected chi connectivity index (χ3v) is 11.0. The van der Waals surface area contributed by atoms with Gasteiger partial charge in [-0.3, -0.25) is 14.5 Å². The summed E-state index contributed by atoms with van der Waals surface area (Å²) in [6.45, 7) is 8.37. The molecule has 0 aromatic heterocycles. The summed E-state index contributed by atoms with van der Waals surface area (Å²) < 4.78 is 6.53. The molecule has 2 unspecified atom stereocenters. The lowest BCUT2D eigenvalue weighted by Crippen LogP contribution is -2.64. The van der Waals surface area contributed by atoms with E-state index in [1.165, 1.54) is 4.90 Å². The van der Waals surface area contributed by atoms with Gasteiger partial charge in [0.1, 0.15) is 0 Å². The van der Waals surface area contributed by atoms with Crippen LogP contribution in [-0.2, 0) is 9.22 Å². The molecule has 2 atom stereocenters. The predicted octanol–water partition coefficient (Wildman–Crippen LogP) is 5.76. The second-order valence-electron chi connectivity index (χ2n) is 7.66. The highest BCUT2D eigenvalue weighted by molar-refractivity contribution is 6.73. The van der Waals surface area contributed by atoms with Crippen LogP contribution in [0, 0.1) is 6.92 Å². The topological polar surface area (TPSA) is 46.6 Å². The van der Waals surface area contributed by atoms with Crippen molar-refractivity contribution >= 4 is 31.7 Å². The Bertz CT molecular complexity index is 870. The van der Waals surface area contributed by atoms with Crippen LogP contribution in [0.5, 0.6) is 0 Å². The Labute approximate surface area is 179 Å². The molecule has 2 aromatic carbocycles. The summed E-state index contributed by atoms with van der Waals surface area (Å²) in [6.07, 6.45) is -0.614. The van der Waals surface area contributed by atoms with Crippen molar-refractivity contribution in [1.82, 2.24) is 4.90 Å². The Balaban J connectivity index is 1.95. The predicted molar refractivity (Wildman–Crippen MR) is 119 cm³/mol. The molecule has 1 aliphatic rings. The fourth-order valence-electron chi connectivity index (χ4n) is 3.89. The maximum Gasteiger partial charge on any atom is 0.261 e. The third-order valence-electron chi connectivity index (χ3n) is 6.08. The number of β-lactam (4-membered cyclic amide) rings is 1. The lowest BCUT2D eigenvalue weighted by atomic mass is 9.90. The molecule has 6 heteroatoms. The van der Waals surface area contributed by atoms with Gasteiger partial charge in [0, 0.05) is 10.6 Å². The molecule has 29 heavy (non-hydrogen) atoms. The lowest BCUT2D eigenvalue weighted by molar-refractivity contribution is -0.158. The average Bonchev–Trinajstić information content (AvgIpc) is 2.74. The summed E-state index contributed by atoms with van der Waals surface area (Å²) in [7, 11) is -2.01. The van der Waals surface area contributed by atoms with Crippen molar-refractivity contribution in [1.29, 1.82) is 0 Å². The van der Waals surface area contributed by atoms with Gasteiger partial charge in [0.05, 0.1) is 6.04 Å². The van der Waals surface area contributed by atoms with Crippen LogP contribution in [0.4, 0.5) is 0 Å². The van der Waals surface area contributed by atoms with E-state index in [-0.39, 0.29) is 11.8 Å². The van der Waals surface area contributed by atoms with Crippen LogP contribution in [0.2, 0.25) is 23.2 Å². The monoisotopic (exact) mass is 429 g/mol.